The molecule has 3 heterocycles. The van der Waals surface area contributed by atoms with Gasteiger partial charge in [-0.25, -0.2) is 13.8 Å². The van der Waals surface area contributed by atoms with Gasteiger partial charge in [0.1, 0.15) is 0 Å². The Kier molecular flexibility index (Phi) is 4.15. The minimum Gasteiger partial charge on any atom is -0.335 e. The van der Waals surface area contributed by atoms with E-state index in [-0.39, 0.29) is 11.8 Å². The normalized spacial score (nSPS) is 16.5. The summed E-state index contributed by atoms with van der Waals surface area (Å²) in [6.45, 7) is 4.41. The lowest BCUT2D eigenvalue weighted by Crippen LogP contribution is -2.36. The first-order valence-electron chi connectivity index (χ1n) is 10.0. The van der Waals surface area contributed by atoms with Crippen LogP contribution in [0.4, 0.5) is 14.5 Å². The molecule has 1 saturated carbocycles. The number of anilines is 1. The van der Waals surface area contributed by atoms with Crippen molar-refractivity contribution < 1.29 is 18.1 Å². The maximum atomic E-state index is 13.9. The summed E-state index contributed by atoms with van der Waals surface area (Å²) in [5, 5.41) is 4.77. The molecule has 0 atom stereocenters. The van der Waals surface area contributed by atoms with Crippen LogP contribution in [0.15, 0.2) is 22.7 Å². The van der Waals surface area contributed by atoms with Gasteiger partial charge in [-0.2, -0.15) is 0 Å². The molecule has 0 saturated heterocycles. The predicted octanol–water partition coefficient (Wildman–Crippen LogP) is 5.09. The summed E-state index contributed by atoms with van der Waals surface area (Å²) >= 11 is 0. The molecular formula is C22H21F2N3O2. The van der Waals surface area contributed by atoms with Gasteiger partial charge in [-0.05, 0) is 49.3 Å². The van der Waals surface area contributed by atoms with Crippen molar-refractivity contribution in [1.82, 2.24) is 10.1 Å². The van der Waals surface area contributed by atoms with Crippen molar-refractivity contribution in [2.75, 3.05) is 11.4 Å². The number of aryl methyl sites for hydroxylation is 1. The van der Waals surface area contributed by atoms with Crippen LogP contribution in [0.5, 0.6) is 0 Å². The first kappa shape index (κ1) is 18.2. The highest BCUT2D eigenvalue weighted by molar-refractivity contribution is 6.14. The highest BCUT2D eigenvalue weighted by Gasteiger charge is 2.32. The number of carbonyl (C=O) groups is 1. The van der Waals surface area contributed by atoms with Crippen LogP contribution in [0.3, 0.4) is 0 Å². The van der Waals surface area contributed by atoms with Gasteiger partial charge in [-0.3, -0.25) is 4.79 Å². The van der Waals surface area contributed by atoms with Crippen LogP contribution >= 0.6 is 0 Å². The third-order valence-electron chi connectivity index (χ3n) is 5.75. The fourth-order valence-electron chi connectivity index (χ4n) is 4.08. The topological polar surface area (TPSA) is 59.2 Å². The van der Waals surface area contributed by atoms with Gasteiger partial charge < -0.3 is 9.42 Å². The SMILES string of the molecule is CC(C)c1noc2nc(C3CC3)cc(C(=O)N3CCCc4cc(F)c(F)cc43)c12. The molecule has 2 aromatic heterocycles. The van der Waals surface area contributed by atoms with Crippen molar-refractivity contribution in [2.45, 2.75) is 51.4 Å². The van der Waals surface area contributed by atoms with E-state index >= 15 is 0 Å². The largest absolute Gasteiger partial charge is 0.335 e. The van der Waals surface area contributed by atoms with E-state index in [0.717, 1.165) is 24.6 Å². The first-order valence-corrected chi connectivity index (χ1v) is 10.0. The zero-order valence-corrected chi connectivity index (χ0v) is 16.3. The molecule has 0 N–H and O–H groups in total. The monoisotopic (exact) mass is 397 g/mol. The second kappa shape index (κ2) is 6.61. The summed E-state index contributed by atoms with van der Waals surface area (Å²) in [5.41, 5.74) is 3.42. The lowest BCUT2D eigenvalue weighted by molar-refractivity contribution is 0.0986. The Morgan fingerprint density at radius 2 is 1.97 bits per heavy atom. The summed E-state index contributed by atoms with van der Waals surface area (Å²) in [4.78, 5) is 19.8. The molecule has 1 amide bonds. The Balaban J connectivity index is 1.67. The molecule has 150 valence electrons. The maximum Gasteiger partial charge on any atom is 0.259 e. The molecule has 3 aromatic rings. The zero-order chi connectivity index (χ0) is 20.3. The Bertz CT molecular complexity index is 1130. The zero-order valence-electron chi connectivity index (χ0n) is 16.3. The lowest BCUT2D eigenvalue weighted by Gasteiger charge is -2.30. The summed E-state index contributed by atoms with van der Waals surface area (Å²) in [7, 11) is 0. The summed E-state index contributed by atoms with van der Waals surface area (Å²) in [5.74, 6) is -1.71. The number of pyridine rings is 1. The molecule has 0 unspecified atom stereocenters. The number of aromatic nitrogens is 2. The number of benzene rings is 1. The van der Waals surface area contributed by atoms with E-state index in [0.29, 0.717) is 58.9 Å². The van der Waals surface area contributed by atoms with Crippen molar-refractivity contribution in [3.63, 3.8) is 0 Å². The Hall–Kier alpha value is -2.83. The highest BCUT2D eigenvalue weighted by Crippen LogP contribution is 2.41. The molecular weight excluding hydrogens is 376 g/mol. The molecule has 1 fully saturated rings. The van der Waals surface area contributed by atoms with Crippen LogP contribution in [-0.4, -0.2) is 22.6 Å². The minimum absolute atomic E-state index is 0.0524. The minimum atomic E-state index is -0.949. The molecule has 1 aliphatic heterocycles. The molecule has 1 aromatic carbocycles. The fourth-order valence-corrected chi connectivity index (χ4v) is 4.08. The maximum absolute atomic E-state index is 13.9. The molecule has 5 rings (SSSR count). The predicted molar refractivity (Wildman–Crippen MR) is 104 cm³/mol. The third kappa shape index (κ3) is 2.99. The molecule has 29 heavy (non-hydrogen) atoms. The lowest BCUT2D eigenvalue weighted by atomic mass is 9.98. The van der Waals surface area contributed by atoms with E-state index in [2.05, 4.69) is 10.1 Å². The number of carbonyl (C=O) groups excluding carboxylic acids is 1. The van der Waals surface area contributed by atoms with Crippen molar-refractivity contribution in [1.29, 1.82) is 0 Å². The second-order valence-electron chi connectivity index (χ2n) is 8.23. The van der Waals surface area contributed by atoms with Gasteiger partial charge in [0.15, 0.2) is 11.6 Å². The molecule has 2 aliphatic rings. The smallest absolute Gasteiger partial charge is 0.259 e. The van der Waals surface area contributed by atoms with Crippen molar-refractivity contribution in [2.24, 2.45) is 0 Å². The van der Waals surface area contributed by atoms with E-state index in [4.69, 9.17) is 4.52 Å². The third-order valence-corrected chi connectivity index (χ3v) is 5.75. The van der Waals surface area contributed by atoms with Crippen LogP contribution < -0.4 is 4.90 Å². The Morgan fingerprint density at radius 1 is 1.21 bits per heavy atom. The van der Waals surface area contributed by atoms with Crippen LogP contribution in [0, 0.1) is 11.6 Å². The van der Waals surface area contributed by atoms with Gasteiger partial charge in [0.25, 0.3) is 11.6 Å². The van der Waals surface area contributed by atoms with Gasteiger partial charge in [-0.15, -0.1) is 0 Å². The molecule has 0 spiro atoms. The van der Waals surface area contributed by atoms with Crippen molar-refractivity contribution in [3.05, 3.63) is 52.3 Å². The van der Waals surface area contributed by atoms with Gasteiger partial charge in [0.2, 0.25) is 0 Å². The van der Waals surface area contributed by atoms with Crippen LogP contribution in [0.2, 0.25) is 0 Å². The number of rotatable bonds is 3. The van der Waals surface area contributed by atoms with Crippen LogP contribution in [-0.2, 0) is 6.42 Å². The number of nitrogens with zero attached hydrogens (tertiary/aromatic N) is 3. The van der Waals surface area contributed by atoms with E-state index in [1.54, 1.807) is 4.90 Å². The van der Waals surface area contributed by atoms with Gasteiger partial charge in [0, 0.05) is 24.2 Å². The molecule has 0 radical (unpaired) electrons. The van der Waals surface area contributed by atoms with Crippen molar-refractivity contribution in [3.8, 4) is 0 Å². The number of amides is 1. The van der Waals surface area contributed by atoms with E-state index in [9.17, 15) is 13.6 Å². The average Bonchev–Trinajstić information content (AvgIpc) is 3.46. The first-order chi connectivity index (χ1) is 13.9. The second-order valence-corrected chi connectivity index (χ2v) is 8.23. The quantitative estimate of drug-likeness (QED) is 0.617. The van der Waals surface area contributed by atoms with Gasteiger partial charge >= 0.3 is 0 Å². The Morgan fingerprint density at radius 3 is 2.69 bits per heavy atom. The van der Waals surface area contributed by atoms with Gasteiger partial charge in [-0.1, -0.05) is 19.0 Å². The van der Waals surface area contributed by atoms with E-state index in [1.165, 1.54) is 6.07 Å². The van der Waals surface area contributed by atoms with E-state index < -0.39 is 11.6 Å². The molecule has 7 heteroatoms. The van der Waals surface area contributed by atoms with Gasteiger partial charge in [0.05, 0.1) is 22.3 Å². The van der Waals surface area contributed by atoms with Crippen LogP contribution in [0.1, 0.15) is 72.3 Å². The average molecular weight is 397 g/mol. The van der Waals surface area contributed by atoms with E-state index in [1.807, 2.05) is 19.9 Å². The van der Waals surface area contributed by atoms with Crippen LogP contribution in [0.25, 0.3) is 11.1 Å². The highest BCUT2D eigenvalue weighted by atomic mass is 19.2. The number of halogens is 2. The molecule has 1 aliphatic carbocycles. The molecule has 5 nitrogen and oxygen atoms in total. The summed E-state index contributed by atoms with van der Waals surface area (Å²) in [6, 6.07) is 4.15. The molecule has 0 bridgehead atoms. The number of fused-ring (bicyclic) bond motifs is 2. The standard InChI is InChI=1S/C22H21F2N3O2/c1-11(2)20-19-14(9-17(12-5-6-12)25-21(19)29-26-20)22(28)27-7-3-4-13-8-15(23)16(24)10-18(13)27/h8-12H,3-7H2,1-2H3. The van der Waals surface area contributed by atoms with Crippen molar-refractivity contribution >= 4 is 22.7 Å². The fraction of sp³-hybridized carbons (Fsp3) is 0.409. The number of hydrogen-bond acceptors (Lipinski definition) is 4. The Labute approximate surface area is 166 Å². The summed E-state index contributed by atoms with van der Waals surface area (Å²) in [6.07, 6.45) is 3.37. The summed E-state index contributed by atoms with van der Waals surface area (Å²) < 4.78 is 33.1. The number of hydrogen-bond donors (Lipinski definition) is 0.